The number of nitrogens with one attached hydrogen (secondary N) is 1. The van der Waals surface area contributed by atoms with Crippen molar-refractivity contribution in [3.05, 3.63) is 46.9 Å². The summed E-state index contributed by atoms with van der Waals surface area (Å²) in [5, 5.41) is 13.7. The molecule has 1 saturated carbocycles. The summed E-state index contributed by atoms with van der Waals surface area (Å²) in [6.07, 6.45) is 5.19. The predicted molar refractivity (Wildman–Crippen MR) is 83.5 cm³/mol. The molecule has 0 aromatic heterocycles. The topological polar surface area (TPSA) is 67.8 Å². The molecule has 0 radical (unpaired) electrons. The summed E-state index contributed by atoms with van der Waals surface area (Å²) in [6.45, 7) is 0.747. The fourth-order valence-electron chi connectivity index (χ4n) is 3.86. The van der Waals surface area contributed by atoms with Gasteiger partial charge < -0.3 is 19.9 Å². The highest BCUT2D eigenvalue weighted by Gasteiger charge is 2.47. The van der Waals surface area contributed by atoms with Gasteiger partial charge in [-0.3, -0.25) is 0 Å². The van der Waals surface area contributed by atoms with E-state index in [1.807, 2.05) is 18.2 Å². The first kappa shape index (κ1) is 14.6. The summed E-state index contributed by atoms with van der Waals surface area (Å²) >= 11 is 0. The maximum absolute atomic E-state index is 12.6. The van der Waals surface area contributed by atoms with Crippen molar-refractivity contribution in [2.75, 3.05) is 6.54 Å². The molecule has 1 unspecified atom stereocenters. The van der Waals surface area contributed by atoms with Crippen LogP contribution in [0.4, 0.5) is 0 Å². The molecule has 2 N–H and O–H groups in total. The van der Waals surface area contributed by atoms with Gasteiger partial charge in [-0.2, -0.15) is 0 Å². The first-order chi connectivity index (χ1) is 11.2. The average Bonchev–Trinajstić information content (AvgIpc) is 2.55. The van der Waals surface area contributed by atoms with E-state index in [-0.39, 0.29) is 17.6 Å². The lowest BCUT2D eigenvalue weighted by molar-refractivity contribution is -0.250. The lowest BCUT2D eigenvalue weighted by atomic mass is 9.88. The molecule has 122 valence electrons. The Bertz CT molecular complexity index is 661. The number of benzene rings is 1. The third kappa shape index (κ3) is 2.49. The number of rotatable bonds is 1. The maximum Gasteiger partial charge on any atom is 0.346 e. The smallest absolute Gasteiger partial charge is 0.346 e. The molecule has 5 nitrogen and oxygen atoms in total. The van der Waals surface area contributed by atoms with Crippen LogP contribution in [0.15, 0.2) is 35.8 Å². The highest BCUT2D eigenvalue weighted by Crippen LogP contribution is 2.41. The van der Waals surface area contributed by atoms with Gasteiger partial charge in [-0.05, 0) is 30.4 Å². The zero-order valence-electron chi connectivity index (χ0n) is 13.0. The summed E-state index contributed by atoms with van der Waals surface area (Å²) in [5.74, 6) is -1.71. The van der Waals surface area contributed by atoms with Crippen LogP contribution >= 0.6 is 0 Å². The van der Waals surface area contributed by atoms with Crippen molar-refractivity contribution in [3.8, 4) is 0 Å². The largest absolute Gasteiger partial charge is 0.480 e. The molecular weight excluding hydrogens is 294 g/mol. The monoisotopic (exact) mass is 315 g/mol. The van der Waals surface area contributed by atoms with Crippen LogP contribution in [-0.2, 0) is 20.7 Å². The Balaban J connectivity index is 1.69. The van der Waals surface area contributed by atoms with Crippen LogP contribution in [0.2, 0.25) is 0 Å². The van der Waals surface area contributed by atoms with Gasteiger partial charge in [-0.1, -0.05) is 30.7 Å². The minimum Gasteiger partial charge on any atom is -0.480 e. The highest BCUT2D eigenvalue weighted by molar-refractivity contribution is 5.91. The molecule has 0 bridgehead atoms. The first-order valence-electron chi connectivity index (χ1n) is 8.35. The Morgan fingerprint density at radius 3 is 2.70 bits per heavy atom. The second-order valence-corrected chi connectivity index (χ2v) is 6.52. The van der Waals surface area contributed by atoms with Crippen LogP contribution in [-0.4, -0.2) is 23.4 Å². The van der Waals surface area contributed by atoms with Gasteiger partial charge in [0.15, 0.2) is 0 Å². The number of aliphatic hydroxyl groups is 1. The van der Waals surface area contributed by atoms with Gasteiger partial charge >= 0.3 is 5.97 Å². The zero-order chi connectivity index (χ0) is 15.9. The van der Waals surface area contributed by atoms with E-state index in [0.29, 0.717) is 12.8 Å². The number of ether oxygens (including phenoxy) is 2. The summed E-state index contributed by atoms with van der Waals surface area (Å²) in [4.78, 5) is 12.6. The maximum atomic E-state index is 12.6. The molecule has 1 aromatic carbocycles. The second kappa shape index (κ2) is 5.57. The molecule has 23 heavy (non-hydrogen) atoms. The summed E-state index contributed by atoms with van der Waals surface area (Å²) in [6, 6.07) is 7.58. The van der Waals surface area contributed by atoms with Crippen molar-refractivity contribution in [2.24, 2.45) is 0 Å². The van der Waals surface area contributed by atoms with Crippen molar-refractivity contribution >= 4 is 5.97 Å². The van der Waals surface area contributed by atoms with Crippen molar-refractivity contribution in [1.82, 2.24) is 5.32 Å². The fourth-order valence-corrected chi connectivity index (χ4v) is 3.86. The molecule has 1 atom stereocenters. The molecule has 3 aliphatic rings. The number of carbonyl (C=O) groups excluding carboxylic acids is 1. The SMILES string of the molecule is O=C1OC2(CCCCC2)OC(O)=C1C1NCCc2ccccc21. The van der Waals surface area contributed by atoms with Gasteiger partial charge in [0.2, 0.25) is 0 Å². The molecule has 1 aliphatic carbocycles. The van der Waals surface area contributed by atoms with Crippen LogP contribution in [0.1, 0.15) is 49.3 Å². The minimum atomic E-state index is -0.961. The lowest BCUT2D eigenvalue weighted by Gasteiger charge is -2.40. The van der Waals surface area contributed by atoms with Gasteiger partial charge in [-0.15, -0.1) is 0 Å². The Labute approximate surface area is 135 Å². The van der Waals surface area contributed by atoms with Crippen molar-refractivity contribution < 1.29 is 19.4 Å². The molecule has 1 aromatic rings. The third-order valence-corrected chi connectivity index (χ3v) is 5.02. The standard InChI is InChI=1S/C18H21NO4/c20-16-14(15-13-7-3-2-6-12(13)8-11-19-15)17(21)23-18(22-16)9-4-1-5-10-18/h2-3,6-7,15,19-20H,1,4-5,8-11H2. The Kier molecular flexibility index (Phi) is 3.53. The number of carbonyl (C=O) groups is 1. The van der Waals surface area contributed by atoms with E-state index >= 15 is 0 Å². The summed E-state index contributed by atoms with van der Waals surface area (Å²) in [7, 11) is 0. The molecular formula is C18H21NO4. The third-order valence-electron chi connectivity index (χ3n) is 5.02. The molecule has 5 heteroatoms. The molecule has 2 heterocycles. The molecule has 1 fully saturated rings. The van der Waals surface area contributed by atoms with Gasteiger partial charge in [0.1, 0.15) is 5.57 Å². The molecule has 0 saturated heterocycles. The predicted octanol–water partition coefficient (Wildman–Crippen LogP) is 2.88. The van der Waals surface area contributed by atoms with Crippen LogP contribution < -0.4 is 5.32 Å². The highest BCUT2D eigenvalue weighted by atomic mass is 16.8. The van der Waals surface area contributed by atoms with E-state index in [4.69, 9.17) is 9.47 Å². The minimum absolute atomic E-state index is 0.188. The van der Waals surface area contributed by atoms with Gasteiger partial charge in [-0.25, -0.2) is 4.79 Å². The Morgan fingerprint density at radius 1 is 1.13 bits per heavy atom. The normalized spacial score (nSPS) is 26.4. The van der Waals surface area contributed by atoms with E-state index < -0.39 is 11.8 Å². The average molecular weight is 315 g/mol. The number of hydrogen-bond acceptors (Lipinski definition) is 5. The fraction of sp³-hybridized carbons (Fsp3) is 0.500. The van der Waals surface area contributed by atoms with Gasteiger partial charge in [0.25, 0.3) is 11.7 Å². The molecule has 0 amide bonds. The number of esters is 1. The molecule has 4 rings (SSSR count). The van der Waals surface area contributed by atoms with E-state index in [1.165, 1.54) is 5.56 Å². The van der Waals surface area contributed by atoms with Crippen LogP contribution in [0, 0.1) is 0 Å². The number of fused-ring (bicyclic) bond motifs is 1. The number of hydrogen-bond donors (Lipinski definition) is 2. The van der Waals surface area contributed by atoms with E-state index in [1.54, 1.807) is 0 Å². The van der Waals surface area contributed by atoms with Crippen LogP contribution in [0.25, 0.3) is 0 Å². The molecule has 2 aliphatic heterocycles. The van der Waals surface area contributed by atoms with Crippen molar-refractivity contribution in [2.45, 2.75) is 50.4 Å². The zero-order valence-corrected chi connectivity index (χ0v) is 13.0. The van der Waals surface area contributed by atoms with Crippen molar-refractivity contribution in [1.29, 1.82) is 0 Å². The van der Waals surface area contributed by atoms with Crippen LogP contribution in [0.3, 0.4) is 0 Å². The number of aliphatic hydroxyl groups excluding tert-OH is 1. The quantitative estimate of drug-likeness (QED) is 0.780. The summed E-state index contributed by atoms with van der Waals surface area (Å²) in [5.41, 5.74) is 2.37. The van der Waals surface area contributed by atoms with Crippen molar-refractivity contribution in [3.63, 3.8) is 0 Å². The Hall–Kier alpha value is -2.01. The van der Waals surface area contributed by atoms with E-state index in [9.17, 15) is 9.90 Å². The molecule has 1 spiro atoms. The van der Waals surface area contributed by atoms with Gasteiger partial charge in [0, 0.05) is 19.4 Å². The Morgan fingerprint density at radius 2 is 1.91 bits per heavy atom. The van der Waals surface area contributed by atoms with Crippen LogP contribution in [0.5, 0.6) is 0 Å². The lowest BCUT2D eigenvalue weighted by Crippen LogP contribution is -2.46. The van der Waals surface area contributed by atoms with E-state index in [2.05, 4.69) is 11.4 Å². The second-order valence-electron chi connectivity index (χ2n) is 6.52. The van der Waals surface area contributed by atoms with Gasteiger partial charge in [0.05, 0.1) is 6.04 Å². The first-order valence-corrected chi connectivity index (χ1v) is 8.35. The summed E-state index contributed by atoms with van der Waals surface area (Å²) < 4.78 is 11.4. The van der Waals surface area contributed by atoms with E-state index in [0.717, 1.165) is 37.8 Å².